The molecule has 3 aliphatic rings. The molecule has 3 aromatic carbocycles. The molecule has 8 nitrogen and oxygen atoms in total. The lowest BCUT2D eigenvalue weighted by molar-refractivity contribution is 0.0663. The van der Waals surface area contributed by atoms with Gasteiger partial charge in [0.05, 0.1) is 34.5 Å². The molecule has 1 fully saturated rings. The van der Waals surface area contributed by atoms with Gasteiger partial charge in [-0.3, -0.25) is 14.5 Å². The smallest absolute Gasteiger partial charge is 0.261 e. The summed E-state index contributed by atoms with van der Waals surface area (Å²) in [5.74, 6) is -2.20. The van der Waals surface area contributed by atoms with E-state index in [1.54, 1.807) is 59.3 Å². The van der Waals surface area contributed by atoms with Crippen molar-refractivity contribution in [1.29, 1.82) is 0 Å². The molecule has 7 rings (SSSR count). The van der Waals surface area contributed by atoms with Crippen LogP contribution in [0.4, 0.5) is 8.78 Å². The number of imide groups is 1. The van der Waals surface area contributed by atoms with Crippen LogP contribution in [-0.2, 0) is 22.9 Å². The lowest BCUT2D eigenvalue weighted by Crippen LogP contribution is -2.44. The van der Waals surface area contributed by atoms with E-state index >= 15 is 0 Å². The summed E-state index contributed by atoms with van der Waals surface area (Å²) in [5.41, 5.74) is 4.54. The normalized spacial score (nSPS) is 20.4. The SMILES string of the molecule is CC12Cc3cnn(-c4ccc(F)cc4)c3C=C1CC[C@@H]2CN(CCc1ccccc1F)S(=O)(=O)CCN1C(=O)c2ccccc2C1=O. The number of carbonyl (C=O) groups is 2. The van der Waals surface area contributed by atoms with Crippen molar-refractivity contribution in [2.24, 2.45) is 11.3 Å². The Labute approximate surface area is 272 Å². The van der Waals surface area contributed by atoms with E-state index in [0.717, 1.165) is 34.7 Å². The van der Waals surface area contributed by atoms with Gasteiger partial charge in [-0.25, -0.2) is 26.2 Å². The Morgan fingerprint density at radius 3 is 2.34 bits per heavy atom. The van der Waals surface area contributed by atoms with Gasteiger partial charge >= 0.3 is 0 Å². The topological polar surface area (TPSA) is 92.6 Å². The molecule has 4 aromatic rings. The number of halogens is 2. The minimum Gasteiger partial charge on any atom is -0.273 e. The number of benzene rings is 3. The Kier molecular flexibility index (Phi) is 7.92. The zero-order chi connectivity index (χ0) is 32.9. The predicted octanol–water partition coefficient (Wildman–Crippen LogP) is 5.68. The van der Waals surface area contributed by atoms with Gasteiger partial charge in [0.1, 0.15) is 11.6 Å². The van der Waals surface area contributed by atoms with Crippen molar-refractivity contribution in [2.45, 2.75) is 32.6 Å². The molecule has 242 valence electrons. The highest BCUT2D eigenvalue weighted by molar-refractivity contribution is 7.89. The standard InChI is InChI=1S/C36H34F2N4O4S/c1-36-21-25-22-39-42(29-14-12-28(37)13-15-29)33(25)20-26(36)10-11-27(36)23-40(17-16-24-6-2-5-9-32(24)38)47(45,46)19-18-41-34(43)30-7-3-4-8-31(30)35(41)44/h2-9,12-15,20,22,27H,10-11,16-19,21,23H2,1H3/t27-,36?/m1/s1. The summed E-state index contributed by atoms with van der Waals surface area (Å²) in [6, 6.07) is 19.0. The van der Waals surface area contributed by atoms with Crippen LogP contribution in [0.5, 0.6) is 0 Å². The number of allylic oxidation sites excluding steroid dienone is 1. The zero-order valence-corrected chi connectivity index (χ0v) is 26.7. The summed E-state index contributed by atoms with van der Waals surface area (Å²) in [6.07, 6.45) is 6.35. The van der Waals surface area contributed by atoms with Crippen LogP contribution in [0.25, 0.3) is 11.8 Å². The molecule has 2 heterocycles. The Morgan fingerprint density at radius 1 is 0.957 bits per heavy atom. The molecular weight excluding hydrogens is 622 g/mol. The summed E-state index contributed by atoms with van der Waals surface area (Å²) in [5, 5.41) is 4.59. The molecule has 0 bridgehead atoms. The van der Waals surface area contributed by atoms with E-state index in [2.05, 4.69) is 18.1 Å². The summed E-state index contributed by atoms with van der Waals surface area (Å²) >= 11 is 0. The second-order valence-electron chi connectivity index (χ2n) is 12.8. The summed E-state index contributed by atoms with van der Waals surface area (Å²) in [6.45, 7) is 2.16. The number of rotatable bonds is 10. The number of amides is 2. The van der Waals surface area contributed by atoms with Crippen molar-refractivity contribution in [2.75, 3.05) is 25.4 Å². The number of sulfonamides is 1. The third kappa shape index (κ3) is 5.61. The number of carbonyl (C=O) groups excluding carboxylic acids is 2. The molecule has 11 heteroatoms. The molecule has 0 spiro atoms. The number of nitrogens with zero attached hydrogens (tertiary/aromatic N) is 4. The van der Waals surface area contributed by atoms with Crippen LogP contribution in [0.2, 0.25) is 0 Å². The number of hydrogen-bond donors (Lipinski definition) is 0. The van der Waals surface area contributed by atoms with E-state index in [-0.39, 0.29) is 54.3 Å². The first-order valence-electron chi connectivity index (χ1n) is 15.8. The van der Waals surface area contributed by atoms with E-state index in [1.807, 2.05) is 6.20 Å². The van der Waals surface area contributed by atoms with Crippen molar-refractivity contribution < 1.29 is 26.8 Å². The largest absolute Gasteiger partial charge is 0.273 e. The molecule has 1 aliphatic heterocycles. The quantitative estimate of drug-likeness (QED) is 0.205. The predicted molar refractivity (Wildman–Crippen MR) is 173 cm³/mol. The van der Waals surface area contributed by atoms with Crippen LogP contribution in [0.1, 0.15) is 57.3 Å². The van der Waals surface area contributed by atoms with E-state index in [1.165, 1.54) is 28.1 Å². The monoisotopic (exact) mass is 656 g/mol. The summed E-state index contributed by atoms with van der Waals surface area (Å²) < 4.78 is 59.5. The molecule has 47 heavy (non-hydrogen) atoms. The van der Waals surface area contributed by atoms with Gasteiger partial charge in [0, 0.05) is 19.6 Å². The van der Waals surface area contributed by atoms with Gasteiger partial charge < -0.3 is 0 Å². The highest BCUT2D eigenvalue weighted by atomic mass is 32.2. The Bertz CT molecular complexity index is 1990. The van der Waals surface area contributed by atoms with Crippen LogP contribution in [0.15, 0.2) is 84.6 Å². The fourth-order valence-corrected chi connectivity index (χ4v) is 8.78. The molecule has 1 saturated carbocycles. The second kappa shape index (κ2) is 12.0. The highest BCUT2D eigenvalue weighted by Gasteiger charge is 2.47. The molecule has 2 aliphatic carbocycles. The first-order valence-corrected chi connectivity index (χ1v) is 17.4. The maximum atomic E-state index is 14.6. The van der Waals surface area contributed by atoms with Crippen LogP contribution in [0, 0.1) is 23.0 Å². The van der Waals surface area contributed by atoms with Crippen LogP contribution < -0.4 is 0 Å². The molecule has 0 N–H and O–H groups in total. The molecule has 2 amide bonds. The van der Waals surface area contributed by atoms with E-state index in [4.69, 9.17) is 0 Å². The van der Waals surface area contributed by atoms with Gasteiger partial charge in [0.15, 0.2) is 0 Å². The molecule has 0 radical (unpaired) electrons. The first-order chi connectivity index (χ1) is 22.5. The first kappa shape index (κ1) is 31.1. The van der Waals surface area contributed by atoms with Crippen LogP contribution >= 0.6 is 0 Å². The van der Waals surface area contributed by atoms with Gasteiger partial charge in [-0.1, -0.05) is 42.8 Å². The average Bonchev–Trinajstić information content (AvgIpc) is 3.68. The number of hydrogen-bond acceptors (Lipinski definition) is 5. The Morgan fingerprint density at radius 2 is 1.64 bits per heavy atom. The average molecular weight is 657 g/mol. The summed E-state index contributed by atoms with van der Waals surface area (Å²) in [7, 11) is -3.98. The van der Waals surface area contributed by atoms with Crippen molar-refractivity contribution in [3.63, 3.8) is 0 Å². The number of fused-ring (bicyclic) bond motifs is 3. The Balaban J connectivity index is 1.13. The van der Waals surface area contributed by atoms with E-state index in [9.17, 15) is 26.8 Å². The maximum Gasteiger partial charge on any atom is 0.261 e. The summed E-state index contributed by atoms with van der Waals surface area (Å²) in [4.78, 5) is 26.9. The second-order valence-corrected chi connectivity index (χ2v) is 14.9. The lowest BCUT2D eigenvalue weighted by atomic mass is 9.70. The fraction of sp³-hybridized carbons (Fsp3) is 0.306. The van der Waals surface area contributed by atoms with Gasteiger partial charge in [-0.2, -0.15) is 5.10 Å². The van der Waals surface area contributed by atoms with Gasteiger partial charge in [0.25, 0.3) is 11.8 Å². The molecule has 1 aromatic heterocycles. The molecule has 0 saturated heterocycles. The van der Waals surface area contributed by atoms with Gasteiger partial charge in [0.2, 0.25) is 10.0 Å². The minimum absolute atomic E-state index is 0.0363. The molecule has 1 unspecified atom stereocenters. The zero-order valence-electron chi connectivity index (χ0n) is 25.9. The third-order valence-electron chi connectivity index (χ3n) is 10.1. The lowest BCUT2D eigenvalue weighted by Gasteiger charge is -2.38. The minimum atomic E-state index is -3.98. The van der Waals surface area contributed by atoms with Crippen LogP contribution in [0.3, 0.4) is 0 Å². The Hall–Kier alpha value is -4.48. The molecule has 2 atom stereocenters. The fourth-order valence-electron chi connectivity index (χ4n) is 7.33. The number of aromatic nitrogens is 2. The van der Waals surface area contributed by atoms with Crippen molar-refractivity contribution >= 4 is 27.9 Å². The van der Waals surface area contributed by atoms with Crippen molar-refractivity contribution in [3.05, 3.63) is 124 Å². The maximum absolute atomic E-state index is 14.6. The van der Waals surface area contributed by atoms with Gasteiger partial charge in [-0.05, 0) is 96.7 Å². The van der Waals surface area contributed by atoms with E-state index < -0.39 is 33.4 Å². The van der Waals surface area contributed by atoms with Gasteiger partial charge in [-0.15, -0.1) is 0 Å². The molecular formula is C36H34F2N4O4S. The third-order valence-corrected chi connectivity index (χ3v) is 11.9. The highest BCUT2D eigenvalue weighted by Crippen LogP contribution is 2.53. The van der Waals surface area contributed by atoms with Crippen molar-refractivity contribution in [1.82, 2.24) is 19.0 Å². The van der Waals surface area contributed by atoms with E-state index in [0.29, 0.717) is 12.0 Å². The van der Waals surface area contributed by atoms with Crippen LogP contribution in [-0.4, -0.2) is 64.6 Å². The van der Waals surface area contributed by atoms with Crippen molar-refractivity contribution in [3.8, 4) is 5.69 Å².